The van der Waals surface area contributed by atoms with E-state index in [1.165, 1.54) is 6.42 Å². The van der Waals surface area contributed by atoms with Crippen LogP contribution in [0.25, 0.3) is 0 Å². The molecule has 118 valence electrons. The summed E-state index contributed by atoms with van der Waals surface area (Å²) in [6, 6.07) is 9.73. The highest BCUT2D eigenvalue weighted by Gasteiger charge is 2.53. The van der Waals surface area contributed by atoms with Crippen LogP contribution in [-0.4, -0.2) is 12.1 Å². The standard InChI is InChI=1S/C20H26O2/c1-14(13-21)17-10-11-18-16(9-6-12-20(17,18)2)19(22)15-7-4-3-5-8-15/h3-5,7-8,13-14,16-18H,6,9-12H2,1-2H3/t14-,16-,17?,18?,20+/m0/s1. The fourth-order valence-corrected chi connectivity index (χ4v) is 5.32. The smallest absolute Gasteiger partial charge is 0.166 e. The molecule has 2 aliphatic rings. The second-order valence-electron chi connectivity index (χ2n) is 7.52. The van der Waals surface area contributed by atoms with Crippen molar-refractivity contribution in [1.82, 2.24) is 0 Å². The van der Waals surface area contributed by atoms with Crippen molar-refractivity contribution in [2.45, 2.75) is 46.0 Å². The molecule has 2 unspecified atom stereocenters. The van der Waals surface area contributed by atoms with Crippen molar-refractivity contribution >= 4 is 12.1 Å². The van der Waals surface area contributed by atoms with Crippen LogP contribution in [-0.2, 0) is 4.79 Å². The molecule has 1 aromatic rings. The van der Waals surface area contributed by atoms with Gasteiger partial charge in [-0.15, -0.1) is 0 Å². The van der Waals surface area contributed by atoms with Crippen LogP contribution in [0.5, 0.6) is 0 Å². The van der Waals surface area contributed by atoms with Crippen LogP contribution in [0.1, 0.15) is 56.3 Å². The van der Waals surface area contributed by atoms with Gasteiger partial charge in [-0.2, -0.15) is 0 Å². The molecular formula is C20H26O2. The van der Waals surface area contributed by atoms with Crippen LogP contribution in [0.15, 0.2) is 30.3 Å². The minimum Gasteiger partial charge on any atom is -0.303 e. The number of hydrogen-bond donors (Lipinski definition) is 0. The van der Waals surface area contributed by atoms with E-state index in [4.69, 9.17) is 0 Å². The number of rotatable bonds is 4. The van der Waals surface area contributed by atoms with E-state index in [0.717, 1.165) is 37.5 Å². The minimum absolute atomic E-state index is 0.112. The molecule has 2 aliphatic carbocycles. The van der Waals surface area contributed by atoms with E-state index in [1.54, 1.807) is 0 Å². The Morgan fingerprint density at radius 1 is 1.23 bits per heavy atom. The van der Waals surface area contributed by atoms with Gasteiger partial charge in [-0.05, 0) is 42.9 Å². The van der Waals surface area contributed by atoms with E-state index in [-0.39, 0.29) is 17.3 Å². The molecule has 22 heavy (non-hydrogen) atoms. The monoisotopic (exact) mass is 298 g/mol. The van der Waals surface area contributed by atoms with Crippen LogP contribution in [0, 0.1) is 29.1 Å². The van der Waals surface area contributed by atoms with Gasteiger partial charge >= 0.3 is 0 Å². The zero-order valence-corrected chi connectivity index (χ0v) is 13.6. The molecule has 1 aromatic carbocycles. The van der Waals surface area contributed by atoms with Crippen molar-refractivity contribution in [3.05, 3.63) is 35.9 Å². The molecule has 0 amide bonds. The van der Waals surface area contributed by atoms with Crippen molar-refractivity contribution < 1.29 is 9.59 Å². The summed E-state index contributed by atoms with van der Waals surface area (Å²) in [5, 5.41) is 0. The van der Waals surface area contributed by atoms with Gasteiger partial charge in [0.2, 0.25) is 0 Å². The highest BCUT2D eigenvalue weighted by atomic mass is 16.1. The summed E-state index contributed by atoms with van der Waals surface area (Å²) >= 11 is 0. The number of benzene rings is 1. The van der Waals surface area contributed by atoms with E-state index >= 15 is 0 Å². The number of ketones is 1. The first-order valence-corrected chi connectivity index (χ1v) is 8.62. The molecule has 0 heterocycles. The van der Waals surface area contributed by atoms with E-state index in [1.807, 2.05) is 37.3 Å². The van der Waals surface area contributed by atoms with Crippen molar-refractivity contribution in [1.29, 1.82) is 0 Å². The maximum absolute atomic E-state index is 13.0. The second-order valence-corrected chi connectivity index (χ2v) is 7.52. The Bertz CT molecular complexity index is 550. The second kappa shape index (κ2) is 5.98. The van der Waals surface area contributed by atoms with Gasteiger partial charge in [-0.25, -0.2) is 0 Å². The summed E-state index contributed by atoms with van der Waals surface area (Å²) in [5.41, 5.74) is 1.01. The molecular weight excluding hydrogens is 272 g/mol. The van der Waals surface area contributed by atoms with Gasteiger partial charge in [0.05, 0.1) is 0 Å². The Labute approximate surface area is 133 Å². The number of hydrogen-bond acceptors (Lipinski definition) is 2. The van der Waals surface area contributed by atoms with Gasteiger partial charge in [0.15, 0.2) is 5.78 Å². The van der Waals surface area contributed by atoms with Gasteiger partial charge in [-0.3, -0.25) is 4.79 Å². The fraction of sp³-hybridized carbons (Fsp3) is 0.600. The largest absolute Gasteiger partial charge is 0.303 e. The summed E-state index contributed by atoms with van der Waals surface area (Å²) in [4.78, 5) is 24.2. The van der Waals surface area contributed by atoms with Crippen molar-refractivity contribution in [3.63, 3.8) is 0 Å². The molecule has 0 bridgehead atoms. The minimum atomic E-state index is 0.112. The molecule has 2 fully saturated rings. The Morgan fingerprint density at radius 3 is 2.64 bits per heavy atom. The number of aldehydes is 1. The SMILES string of the molecule is C[C@@H](C=O)C1CCC2[C@@H](C(=O)c3ccccc3)CCC[C@@]21C. The lowest BCUT2D eigenvalue weighted by Crippen LogP contribution is -2.41. The Balaban J connectivity index is 1.86. The van der Waals surface area contributed by atoms with Gasteiger partial charge in [-0.1, -0.05) is 50.6 Å². The van der Waals surface area contributed by atoms with Crippen LogP contribution in [0.3, 0.4) is 0 Å². The van der Waals surface area contributed by atoms with Crippen molar-refractivity contribution in [3.8, 4) is 0 Å². The molecule has 2 nitrogen and oxygen atoms in total. The number of Topliss-reactive ketones (excluding diaryl/α,β-unsaturated/α-hetero) is 1. The van der Waals surface area contributed by atoms with Crippen LogP contribution >= 0.6 is 0 Å². The van der Waals surface area contributed by atoms with E-state index in [0.29, 0.717) is 17.6 Å². The van der Waals surface area contributed by atoms with Crippen molar-refractivity contribution in [2.75, 3.05) is 0 Å². The molecule has 0 radical (unpaired) electrons. The molecule has 2 heteroatoms. The fourth-order valence-electron chi connectivity index (χ4n) is 5.32. The predicted octanol–water partition coefficient (Wildman–Crippen LogP) is 4.54. The molecule has 2 saturated carbocycles. The Kier molecular flexibility index (Phi) is 4.20. The summed E-state index contributed by atoms with van der Waals surface area (Å²) in [7, 11) is 0. The number of carbonyl (C=O) groups is 2. The first-order chi connectivity index (χ1) is 10.6. The number of fused-ring (bicyclic) bond motifs is 1. The van der Waals surface area contributed by atoms with Gasteiger partial charge in [0, 0.05) is 17.4 Å². The van der Waals surface area contributed by atoms with Crippen LogP contribution in [0.4, 0.5) is 0 Å². The van der Waals surface area contributed by atoms with E-state index in [2.05, 4.69) is 6.92 Å². The van der Waals surface area contributed by atoms with Gasteiger partial charge in [0.25, 0.3) is 0 Å². The van der Waals surface area contributed by atoms with Gasteiger partial charge < -0.3 is 4.79 Å². The first kappa shape index (κ1) is 15.5. The Hall–Kier alpha value is -1.44. The highest BCUT2D eigenvalue weighted by molar-refractivity contribution is 5.98. The molecule has 0 saturated heterocycles. The Morgan fingerprint density at radius 2 is 1.95 bits per heavy atom. The average molecular weight is 298 g/mol. The van der Waals surface area contributed by atoms with Crippen molar-refractivity contribution in [2.24, 2.45) is 29.1 Å². The topological polar surface area (TPSA) is 34.1 Å². The molecule has 0 aliphatic heterocycles. The predicted molar refractivity (Wildman–Crippen MR) is 87.7 cm³/mol. The van der Waals surface area contributed by atoms with Crippen LogP contribution in [0.2, 0.25) is 0 Å². The molecule has 0 spiro atoms. The van der Waals surface area contributed by atoms with Crippen LogP contribution < -0.4 is 0 Å². The summed E-state index contributed by atoms with van der Waals surface area (Å²) in [5.74, 6) is 1.46. The molecule has 5 atom stereocenters. The van der Waals surface area contributed by atoms with E-state index < -0.39 is 0 Å². The zero-order chi connectivity index (χ0) is 15.7. The lowest BCUT2D eigenvalue weighted by atomic mass is 9.58. The third kappa shape index (κ3) is 2.43. The lowest BCUT2D eigenvalue weighted by molar-refractivity contribution is -0.113. The molecule has 0 aromatic heterocycles. The maximum Gasteiger partial charge on any atom is 0.166 e. The zero-order valence-electron chi connectivity index (χ0n) is 13.6. The number of carbonyl (C=O) groups excluding carboxylic acids is 2. The van der Waals surface area contributed by atoms with Gasteiger partial charge in [0.1, 0.15) is 6.29 Å². The summed E-state index contributed by atoms with van der Waals surface area (Å²) in [6.45, 7) is 4.38. The summed E-state index contributed by atoms with van der Waals surface area (Å²) in [6.07, 6.45) is 6.59. The lowest BCUT2D eigenvalue weighted by Gasteiger charge is -2.45. The quantitative estimate of drug-likeness (QED) is 0.604. The third-order valence-electron chi connectivity index (χ3n) is 6.44. The highest BCUT2D eigenvalue weighted by Crippen LogP contribution is 2.59. The van der Waals surface area contributed by atoms with E-state index in [9.17, 15) is 9.59 Å². The normalized spacial score (nSPS) is 35.6. The summed E-state index contributed by atoms with van der Waals surface area (Å²) < 4.78 is 0. The third-order valence-corrected chi connectivity index (χ3v) is 6.44. The molecule has 3 rings (SSSR count). The molecule has 0 N–H and O–H groups in total. The average Bonchev–Trinajstić information content (AvgIpc) is 2.91. The first-order valence-electron chi connectivity index (χ1n) is 8.62. The maximum atomic E-state index is 13.0.